The van der Waals surface area contributed by atoms with Crippen LogP contribution in [-0.2, 0) is 0 Å². The van der Waals surface area contributed by atoms with Crippen molar-refractivity contribution in [3.63, 3.8) is 0 Å². The smallest absolute Gasteiger partial charge is 0.124 e. The molecular weight excluding hydrogens is 264 g/mol. The molecule has 0 heterocycles. The van der Waals surface area contributed by atoms with Gasteiger partial charge in [0, 0.05) is 5.56 Å². The number of aliphatic hydroxyl groups excluding tert-OH is 1. The number of rotatable bonds is 4. The standard InChI is InChI=1S/C17H22O2Si/c1-19-17-14(11-8-12-15(17)20(2,3)4)16(18)13-9-6-5-7-10-13/h5-12,16,18H,1-4H3/t16-/m1/s1. The molecule has 1 atom stereocenters. The van der Waals surface area contributed by atoms with Gasteiger partial charge in [0.05, 0.1) is 15.2 Å². The summed E-state index contributed by atoms with van der Waals surface area (Å²) in [5.41, 5.74) is 1.73. The van der Waals surface area contributed by atoms with E-state index < -0.39 is 14.2 Å². The fourth-order valence-corrected chi connectivity index (χ4v) is 3.93. The van der Waals surface area contributed by atoms with Gasteiger partial charge in [-0.15, -0.1) is 0 Å². The van der Waals surface area contributed by atoms with E-state index in [0.29, 0.717) is 0 Å². The average Bonchev–Trinajstić information content (AvgIpc) is 2.45. The monoisotopic (exact) mass is 286 g/mol. The van der Waals surface area contributed by atoms with E-state index in [9.17, 15) is 5.11 Å². The predicted octanol–water partition coefficient (Wildman–Crippen LogP) is 3.32. The maximum absolute atomic E-state index is 10.6. The first-order chi connectivity index (χ1) is 9.45. The second-order valence-corrected chi connectivity index (χ2v) is 11.0. The maximum Gasteiger partial charge on any atom is 0.124 e. The SMILES string of the molecule is COc1c([C@H](O)c2ccccc2)cccc1[Si](C)(C)C. The van der Waals surface area contributed by atoms with Crippen molar-refractivity contribution in [1.29, 1.82) is 0 Å². The highest BCUT2D eigenvalue weighted by molar-refractivity contribution is 6.89. The van der Waals surface area contributed by atoms with E-state index >= 15 is 0 Å². The summed E-state index contributed by atoms with van der Waals surface area (Å²) >= 11 is 0. The molecule has 0 saturated heterocycles. The van der Waals surface area contributed by atoms with Crippen molar-refractivity contribution in [3.8, 4) is 5.75 Å². The number of para-hydroxylation sites is 1. The zero-order chi connectivity index (χ0) is 14.8. The Balaban J connectivity index is 2.52. The van der Waals surface area contributed by atoms with Crippen molar-refractivity contribution in [2.45, 2.75) is 25.7 Å². The lowest BCUT2D eigenvalue weighted by atomic mass is 10.0. The van der Waals surface area contributed by atoms with Gasteiger partial charge in [-0.3, -0.25) is 0 Å². The molecule has 0 aliphatic rings. The number of benzene rings is 2. The quantitative estimate of drug-likeness (QED) is 0.874. The first-order valence-corrected chi connectivity index (χ1v) is 10.4. The Morgan fingerprint density at radius 2 is 1.60 bits per heavy atom. The zero-order valence-electron chi connectivity index (χ0n) is 12.6. The molecule has 0 spiro atoms. The molecule has 0 radical (unpaired) electrons. The van der Waals surface area contributed by atoms with E-state index in [4.69, 9.17) is 4.74 Å². The van der Waals surface area contributed by atoms with Gasteiger partial charge in [0.25, 0.3) is 0 Å². The highest BCUT2D eigenvalue weighted by atomic mass is 28.3. The summed E-state index contributed by atoms with van der Waals surface area (Å²) in [6.45, 7) is 6.84. The van der Waals surface area contributed by atoms with Crippen molar-refractivity contribution in [2.24, 2.45) is 0 Å². The Morgan fingerprint density at radius 3 is 2.15 bits per heavy atom. The van der Waals surface area contributed by atoms with Gasteiger partial charge >= 0.3 is 0 Å². The van der Waals surface area contributed by atoms with Crippen LogP contribution >= 0.6 is 0 Å². The van der Waals surface area contributed by atoms with Crippen molar-refractivity contribution in [2.75, 3.05) is 7.11 Å². The molecule has 0 aliphatic heterocycles. The Morgan fingerprint density at radius 1 is 0.950 bits per heavy atom. The largest absolute Gasteiger partial charge is 0.496 e. The highest BCUT2D eigenvalue weighted by Gasteiger charge is 2.25. The van der Waals surface area contributed by atoms with Crippen molar-refractivity contribution < 1.29 is 9.84 Å². The molecule has 0 bridgehead atoms. The van der Waals surface area contributed by atoms with Gasteiger partial charge in [-0.05, 0) is 10.8 Å². The van der Waals surface area contributed by atoms with Crippen molar-refractivity contribution in [3.05, 3.63) is 59.7 Å². The Bertz CT molecular complexity index is 573. The Labute approximate surface area is 122 Å². The fraction of sp³-hybridized carbons (Fsp3) is 0.294. The van der Waals surface area contributed by atoms with Crippen molar-refractivity contribution >= 4 is 13.3 Å². The third kappa shape index (κ3) is 2.94. The van der Waals surface area contributed by atoms with Gasteiger partial charge in [0.2, 0.25) is 0 Å². The summed E-state index contributed by atoms with van der Waals surface area (Å²) in [5.74, 6) is 0.836. The summed E-state index contributed by atoms with van der Waals surface area (Å²) in [5, 5.41) is 11.9. The van der Waals surface area contributed by atoms with Crippen LogP contribution in [-0.4, -0.2) is 20.3 Å². The number of hydrogen-bond donors (Lipinski definition) is 1. The summed E-state index contributed by atoms with van der Waals surface area (Å²) < 4.78 is 5.62. The molecule has 3 heteroatoms. The molecule has 0 aromatic heterocycles. The number of methoxy groups -OCH3 is 1. The molecule has 0 unspecified atom stereocenters. The molecule has 2 aromatic carbocycles. The topological polar surface area (TPSA) is 29.5 Å². The van der Waals surface area contributed by atoms with Crippen LogP contribution in [0.5, 0.6) is 5.75 Å². The lowest BCUT2D eigenvalue weighted by Crippen LogP contribution is -2.39. The molecule has 2 rings (SSSR count). The van der Waals surface area contributed by atoms with Gasteiger partial charge in [0.15, 0.2) is 0 Å². The van der Waals surface area contributed by atoms with Crippen LogP contribution in [0.1, 0.15) is 17.2 Å². The molecule has 0 aliphatic carbocycles. The molecule has 0 fully saturated rings. The summed E-state index contributed by atoms with van der Waals surface area (Å²) in [6.07, 6.45) is -0.651. The molecule has 1 N–H and O–H groups in total. The summed E-state index contributed by atoms with van der Waals surface area (Å²) in [6, 6.07) is 15.8. The molecule has 2 nitrogen and oxygen atoms in total. The van der Waals surface area contributed by atoms with Crippen LogP contribution in [0, 0.1) is 0 Å². The van der Waals surface area contributed by atoms with Gasteiger partial charge in [-0.1, -0.05) is 68.2 Å². The Kier molecular flexibility index (Phi) is 4.31. The van der Waals surface area contributed by atoms with E-state index in [-0.39, 0.29) is 0 Å². The van der Waals surface area contributed by atoms with E-state index in [1.165, 1.54) is 5.19 Å². The van der Waals surface area contributed by atoms with E-state index in [1.54, 1.807) is 7.11 Å². The van der Waals surface area contributed by atoms with Crippen LogP contribution in [0.3, 0.4) is 0 Å². The van der Waals surface area contributed by atoms with Crippen LogP contribution in [0.25, 0.3) is 0 Å². The molecule has 106 valence electrons. The van der Waals surface area contributed by atoms with Gasteiger partial charge in [0.1, 0.15) is 11.9 Å². The van der Waals surface area contributed by atoms with E-state index in [2.05, 4.69) is 25.7 Å². The number of ether oxygens (including phenoxy) is 1. The molecular formula is C17H22O2Si. The minimum absolute atomic E-state index is 0.651. The van der Waals surface area contributed by atoms with Gasteiger partial charge in [-0.25, -0.2) is 0 Å². The zero-order valence-corrected chi connectivity index (χ0v) is 13.6. The van der Waals surface area contributed by atoms with Crippen LogP contribution in [0.4, 0.5) is 0 Å². The highest BCUT2D eigenvalue weighted by Crippen LogP contribution is 2.30. The van der Waals surface area contributed by atoms with Crippen LogP contribution < -0.4 is 9.92 Å². The predicted molar refractivity (Wildman–Crippen MR) is 86.5 cm³/mol. The average molecular weight is 286 g/mol. The second kappa shape index (κ2) is 5.81. The minimum Gasteiger partial charge on any atom is -0.496 e. The lowest BCUT2D eigenvalue weighted by molar-refractivity contribution is 0.215. The number of hydrogen-bond acceptors (Lipinski definition) is 2. The summed E-state index contributed by atoms with van der Waals surface area (Å²) in [7, 11) is 0.168. The van der Waals surface area contributed by atoms with Crippen LogP contribution in [0.15, 0.2) is 48.5 Å². The molecule has 2 aromatic rings. The third-order valence-electron chi connectivity index (χ3n) is 3.47. The minimum atomic E-state index is -1.51. The third-order valence-corrected chi connectivity index (χ3v) is 5.48. The normalized spacial score (nSPS) is 13.1. The number of aliphatic hydroxyl groups is 1. The first-order valence-electron chi connectivity index (χ1n) is 6.85. The Hall–Kier alpha value is -1.58. The van der Waals surface area contributed by atoms with Gasteiger partial charge < -0.3 is 9.84 Å². The maximum atomic E-state index is 10.6. The molecule has 0 amide bonds. The second-order valence-electron chi connectivity index (χ2n) is 5.99. The molecule has 20 heavy (non-hydrogen) atoms. The molecule has 0 saturated carbocycles. The van der Waals surface area contributed by atoms with E-state index in [0.717, 1.165) is 16.9 Å². The van der Waals surface area contributed by atoms with Crippen molar-refractivity contribution in [1.82, 2.24) is 0 Å². The van der Waals surface area contributed by atoms with Gasteiger partial charge in [-0.2, -0.15) is 0 Å². The van der Waals surface area contributed by atoms with Crippen LogP contribution in [0.2, 0.25) is 19.6 Å². The van der Waals surface area contributed by atoms with E-state index in [1.807, 2.05) is 42.5 Å². The lowest BCUT2D eigenvalue weighted by Gasteiger charge is -2.24. The first kappa shape index (κ1) is 14.8. The summed E-state index contributed by atoms with van der Waals surface area (Å²) in [4.78, 5) is 0. The fourth-order valence-electron chi connectivity index (χ4n) is 2.40.